The average molecular weight is 529 g/mol. The SMILES string of the molecule is CCCCCN1CC(F)CNC1C(C(=O)NC1CNCC(F)C1N1CCN2C(=O)CCC[C@H]2C1)C(N)N. The molecule has 7 atom stereocenters. The fourth-order valence-electron chi connectivity index (χ4n) is 6.62. The number of hydrogen-bond acceptors (Lipinski definition) is 8. The first-order chi connectivity index (χ1) is 17.8. The zero-order valence-corrected chi connectivity index (χ0v) is 22.1. The largest absolute Gasteiger partial charge is 0.350 e. The van der Waals surface area contributed by atoms with Crippen LogP contribution in [0.4, 0.5) is 8.78 Å². The third-order valence-electron chi connectivity index (χ3n) is 8.48. The number of piperazine rings is 1. The van der Waals surface area contributed by atoms with Gasteiger partial charge >= 0.3 is 0 Å². The van der Waals surface area contributed by atoms with Crippen molar-refractivity contribution in [2.45, 2.75) is 88.2 Å². The molecule has 0 saturated carbocycles. The van der Waals surface area contributed by atoms with Gasteiger partial charge in [0.25, 0.3) is 0 Å². The lowest BCUT2D eigenvalue weighted by Gasteiger charge is -2.50. The Labute approximate surface area is 219 Å². The molecule has 0 aromatic rings. The molecule has 212 valence electrons. The summed E-state index contributed by atoms with van der Waals surface area (Å²) in [6.07, 6.45) is 1.66. The minimum atomic E-state index is -1.17. The number of carbonyl (C=O) groups is 2. The number of nitrogens with one attached hydrogen (secondary N) is 3. The van der Waals surface area contributed by atoms with Crippen molar-refractivity contribution in [3.05, 3.63) is 0 Å². The molecule has 37 heavy (non-hydrogen) atoms. The molecule has 4 fully saturated rings. The Kier molecular flexibility index (Phi) is 10.1. The summed E-state index contributed by atoms with van der Waals surface area (Å²) in [6, 6.07) is -0.890. The lowest BCUT2D eigenvalue weighted by atomic mass is 9.91. The monoisotopic (exact) mass is 528 g/mol. The number of fused-ring (bicyclic) bond motifs is 1. The van der Waals surface area contributed by atoms with Gasteiger partial charge in [-0.05, 0) is 25.8 Å². The first kappa shape index (κ1) is 28.6. The standard InChI is InChI=1S/C25H46F2N8O2/c1-2-3-4-8-34-14-16(26)11-31-24(34)21(23(28)29)25(37)32-19-13-30-12-18(27)22(19)33-9-10-35-17(15-33)6-5-7-20(35)36/h16-19,21-24,30-31H,2-15,28-29H2,1H3,(H,32,37)/t16?,17-,18?,19?,21?,22?,24?/m0/s1. The first-order valence-electron chi connectivity index (χ1n) is 14.1. The number of alkyl halides is 2. The number of piperidine rings is 2. The van der Waals surface area contributed by atoms with Crippen LogP contribution in [0.2, 0.25) is 0 Å². The molecule has 0 spiro atoms. The summed E-state index contributed by atoms with van der Waals surface area (Å²) in [5.41, 5.74) is 12.3. The quantitative estimate of drug-likeness (QED) is 0.192. The lowest BCUT2D eigenvalue weighted by Crippen LogP contribution is -2.71. The summed E-state index contributed by atoms with van der Waals surface area (Å²) in [4.78, 5) is 32.0. The molecule has 0 radical (unpaired) electrons. The molecular formula is C25H46F2N8O2. The number of nitrogens with zero attached hydrogens (tertiary/aromatic N) is 3. The highest BCUT2D eigenvalue weighted by Gasteiger charge is 2.45. The third-order valence-corrected chi connectivity index (χ3v) is 8.48. The van der Waals surface area contributed by atoms with Crippen LogP contribution in [0.25, 0.3) is 0 Å². The van der Waals surface area contributed by atoms with Crippen LogP contribution in [0.3, 0.4) is 0 Å². The molecule has 7 N–H and O–H groups in total. The summed E-state index contributed by atoms with van der Waals surface area (Å²) in [6.45, 7) is 5.52. The molecule has 4 aliphatic rings. The predicted molar refractivity (Wildman–Crippen MR) is 138 cm³/mol. The molecule has 4 rings (SSSR count). The van der Waals surface area contributed by atoms with Crippen LogP contribution in [-0.4, -0.2) is 122 Å². The molecule has 0 aliphatic carbocycles. The second kappa shape index (κ2) is 13.1. The smallest absolute Gasteiger partial charge is 0.229 e. The van der Waals surface area contributed by atoms with E-state index in [1.807, 2.05) is 9.80 Å². The predicted octanol–water partition coefficient (Wildman–Crippen LogP) is -0.903. The Balaban J connectivity index is 1.46. The van der Waals surface area contributed by atoms with Gasteiger partial charge in [-0.1, -0.05) is 19.8 Å². The van der Waals surface area contributed by atoms with Crippen LogP contribution in [0.15, 0.2) is 0 Å². The number of nitrogens with two attached hydrogens (primary N) is 2. The number of amides is 2. The van der Waals surface area contributed by atoms with E-state index in [0.29, 0.717) is 39.1 Å². The van der Waals surface area contributed by atoms with Gasteiger partial charge in [0.2, 0.25) is 11.8 Å². The highest BCUT2D eigenvalue weighted by atomic mass is 19.1. The van der Waals surface area contributed by atoms with E-state index in [-0.39, 0.29) is 37.5 Å². The summed E-state index contributed by atoms with van der Waals surface area (Å²) < 4.78 is 29.6. The van der Waals surface area contributed by atoms with Gasteiger partial charge in [-0.2, -0.15) is 0 Å². The van der Waals surface area contributed by atoms with E-state index in [0.717, 1.165) is 32.1 Å². The first-order valence-corrected chi connectivity index (χ1v) is 14.1. The molecular weight excluding hydrogens is 482 g/mol. The van der Waals surface area contributed by atoms with Crippen molar-refractivity contribution in [1.82, 2.24) is 30.7 Å². The molecule has 4 aliphatic heterocycles. The fraction of sp³-hybridized carbons (Fsp3) is 0.920. The lowest BCUT2D eigenvalue weighted by molar-refractivity contribution is -0.141. The Morgan fingerprint density at radius 3 is 2.73 bits per heavy atom. The van der Waals surface area contributed by atoms with Crippen LogP contribution >= 0.6 is 0 Å². The van der Waals surface area contributed by atoms with E-state index in [4.69, 9.17) is 11.5 Å². The summed E-state index contributed by atoms with van der Waals surface area (Å²) in [5, 5.41) is 9.33. The van der Waals surface area contributed by atoms with E-state index < -0.39 is 42.7 Å². The minimum absolute atomic E-state index is 0.0930. The van der Waals surface area contributed by atoms with Crippen LogP contribution in [0, 0.1) is 5.92 Å². The van der Waals surface area contributed by atoms with E-state index >= 15 is 4.39 Å². The topological polar surface area (TPSA) is 132 Å². The average Bonchev–Trinajstić information content (AvgIpc) is 2.85. The van der Waals surface area contributed by atoms with Gasteiger partial charge < -0.3 is 27.0 Å². The normalized spacial score (nSPS) is 34.9. The van der Waals surface area contributed by atoms with Crippen molar-refractivity contribution in [3.63, 3.8) is 0 Å². The third kappa shape index (κ3) is 6.77. The molecule has 0 aromatic heterocycles. The Morgan fingerprint density at radius 2 is 1.97 bits per heavy atom. The van der Waals surface area contributed by atoms with Crippen molar-refractivity contribution in [2.75, 3.05) is 52.4 Å². The van der Waals surface area contributed by atoms with E-state index in [9.17, 15) is 14.0 Å². The van der Waals surface area contributed by atoms with Gasteiger partial charge in [0.1, 0.15) is 12.3 Å². The molecule has 4 heterocycles. The van der Waals surface area contributed by atoms with E-state index in [1.165, 1.54) is 0 Å². The zero-order chi connectivity index (χ0) is 26.5. The maximum absolute atomic E-state index is 15.4. The summed E-state index contributed by atoms with van der Waals surface area (Å²) in [7, 11) is 0. The van der Waals surface area contributed by atoms with Gasteiger partial charge in [-0.15, -0.1) is 0 Å². The van der Waals surface area contributed by atoms with Crippen LogP contribution in [0.1, 0.15) is 45.4 Å². The van der Waals surface area contributed by atoms with E-state index in [2.05, 4.69) is 27.8 Å². The summed E-state index contributed by atoms with van der Waals surface area (Å²) in [5.74, 6) is -0.980. The number of unbranched alkanes of at least 4 members (excludes halogenated alkanes) is 2. The number of hydrogen-bond donors (Lipinski definition) is 5. The van der Waals surface area contributed by atoms with Gasteiger partial charge in [-0.25, -0.2) is 8.78 Å². The van der Waals surface area contributed by atoms with Crippen LogP contribution in [0.5, 0.6) is 0 Å². The molecule has 4 saturated heterocycles. The van der Waals surface area contributed by atoms with Crippen molar-refractivity contribution in [2.24, 2.45) is 17.4 Å². The van der Waals surface area contributed by atoms with Gasteiger partial charge in [0.15, 0.2) is 0 Å². The molecule has 2 amide bonds. The van der Waals surface area contributed by atoms with Crippen molar-refractivity contribution < 1.29 is 18.4 Å². The molecule has 12 heteroatoms. The molecule has 6 unspecified atom stereocenters. The number of rotatable bonds is 9. The number of carbonyl (C=O) groups excluding carboxylic acids is 2. The van der Waals surface area contributed by atoms with Crippen LogP contribution in [-0.2, 0) is 9.59 Å². The Morgan fingerprint density at radius 1 is 1.16 bits per heavy atom. The van der Waals surface area contributed by atoms with E-state index in [1.54, 1.807) is 0 Å². The summed E-state index contributed by atoms with van der Waals surface area (Å²) >= 11 is 0. The molecule has 10 nitrogen and oxygen atoms in total. The van der Waals surface area contributed by atoms with Gasteiger partial charge in [0.05, 0.1) is 30.3 Å². The highest BCUT2D eigenvalue weighted by Crippen LogP contribution is 2.27. The van der Waals surface area contributed by atoms with Crippen molar-refractivity contribution in [3.8, 4) is 0 Å². The van der Waals surface area contributed by atoms with Crippen molar-refractivity contribution >= 4 is 11.8 Å². The van der Waals surface area contributed by atoms with Crippen molar-refractivity contribution in [1.29, 1.82) is 0 Å². The van der Waals surface area contributed by atoms with Gasteiger partial charge in [0, 0.05) is 58.3 Å². The fourth-order valence-corrected chi connectivity index (χ4v) is 6.62. The zero-order valence-electron chi connectivity index (χ0n) is 22.1. The maximum Gasteiger partial charge on any atom is 0.229 e. The molecule has 0 aromatic carbocycles. The maximum atomic E-state index is 15.4. The minimum Gasteiger partial charge on any atom is -0.350 e. The Bertz CT molecular complexity index is 777. The second-order valence-corrected chi connectivity index (χ2v) is 11.2. The highest BCUT2D eigenvalue weighted by molar-refractivity contribution is 5.80. The van der Waals surface area contributed by atoms with Gasteiger partial charge in [-0.3, -0.25) is 24.7 Å². The van der Waals surface area contributed by atoms with Crippen LogP contribution < -0.4 is 27.4 Å². The Hall–Kier alpha value is -1.44. The second-order valence-electron chi connectivity index (χ2n) is 11.2. The molecule has 0 bridgehead atoms. The number of halogens is 2.